The lowest BCUT2D eigenvalue weighted by Gasteiger charge is -2.37. The Labute approximate surface area is 181 Å². The molecule has 0 bridgehead atoms. The molecule has 0 saturated carbocycles. The molecule has 4 rings (SSSR count). The summed E-state index contributed by atoms with van der Waals surface area (Å²) in [5.41, 5.74) is 4.29. The van der Waals surface area contributed by atoms with E-state index >= 15 is 0 Å². The lowest BCUT2D eigenvalue weighted by Crippen LogP contribution is -2.38. The Bertz CT molecular complexity index is 960. The van der Waals surface area contributed by atoms with Gasteiger partial charge in [-0.25, -0.2) is 9.79 Å². The predicted octanol–water partition coefficient (Wildman–Crippen LogP) is 4.15. The van der Waals surface area contributed by atoms with Crippen LogP contribution in [-0.4, -0.2) is 47.0 Å². The Hall–Kier alpha value is -2.54. The molecule has 7 heteroatoms. The van der Waals surface area contributed by atoms with Crippen LogP contribution in [0.5, 0.6) is 0 Å². The number of ether oxygens (including phenoxy) is 1. The minimum absolute atomic E-state index is 0.133. The largest absolute Gasteiger partial charge is 0.466 e. The Morgan fingerprint density at radius 1 is 1.27 bits per heavy atom. The van der Waals surface area contributed by atoms with E-state index in [-0.39, 0.29) is 17.9 Å². The van der Waals surface area contributed by atoms with Crippen LogP contribution in [0.2, 0.25) is 0 Å². The van der Waals surface area contributed by atoms with E-state index in [2.05, 4.69) is 11.0 Å². The van der Waals surface area contributed by atoms with E-state index in [1.54, 1.807) is 0 Å². The molecule has 3 heterocycles. The smallest absolute Gasteiger partial charge is 0.338 e. The number of benzene rings is 1. The maximum atomic E-state index is 12.9. The average molecular weight is 426 g/mol. The van der Waals surface area contributed by atoms with E-state index in [0.29, 0.717) is 18.4 Å². The van der Waals surface area contributed by atoms with E-state index in [0.717, 1.165) is 53.6 Å². The van der Waals surface area contributed by atoms with Crippen molar-refractivity contribution in [2.24, 2.45) is 4.99 Å². The van der Waals surface area contributed by atoms with Crippen LogP contribution in [0.1, 0.15) is 49.8 Å². The maximum absolute atomic E-state index is 12.9. The number of hydrogen-bond acceptors (Lipinski definition) is 6. The number of aryl methyl sites for hydroxylation is 1. The van der Waals surface area contributed by atoms with Gasteiger partial charge in [0.25, 0.3) is 0 Å². The lowest BCUT2D eigenvalue weighted by molar-refractivity contribution is -0.136. The summed E-state index contributed by atoms with van der Waals surface area (Å²) < 4.78 is 5.16. The zero-order chi connectivity index (χ0) is 21.3. The van der Waals surface area contributed by atoms with Crippen LogP contribution < -0.4 is 0 Å². The normalized spacial score (nSPS) is 20.8. The van der Waals surface area contributed by atoms with Gasteiger partial charge in [0.2, 0.25) is 5.91 Å². The Balaban J connectivity index is 1.75. The van der Waals surface area contributed by atoms with Gasteiger partial charge in [-0.2, -0.15) is 0 Å². The monoisotopic (exact) mass is 425 g/mol. The van der Waals surface area contributed by atoms with Crippen LogP contribution in [0, 0.1) is 6.92 Å². The van der Waals surface area contributed by atoms with E-state index in [1.807, 2.05) is 42.4 Å². The number of fused-ring (bicyclic) bond motifs is 1. The van der Waals surface area contributed by atoms with Crippen LogP contribution >= 0.6 is 11.8 Å². The molecule has 0 unspecified atom stereocenters. The molecule has 0 aliphatic carbocycles. The van der Waals surface area contributed by atoms with Gasteiger partial charge in [0.05, 0.1) is 30.8 Å². The molecule has 0 N–H and O–H groups in total. The fourth-order valence-corrected chi connectivity index (χ4v) is 5.24. The van der Waals surface area contributed by atoms with Gasteiger partial charge in [-0.1, -0.05) is 48.5 Å². The zero-order valence-corrected chi connectivity index (χ0v) is 18.5. The summed E-state index contributed by atoms with van der Waals surface area (Å²) in [6, 6.07) is 7.80. The Morgan fingerprint density at radius 2 is 2.03 bits per heavy atom. The van der Waals surface area contributed by atoms with Gasteiger partial charge < -0.3 is 14.5 Å². The maximum Gasteiger partial charge on any atom is 0.338 e. The van der Waals surface area contributed by atoms with Crippen molar-refractivity contribution in [3.05, 3.63) is 57.8 Å². The van der Waals surface area contributed by atoms with Crippen LogP contribution in [0.4, 0.5) is 0 Å². The molecule has 1 amide bonds. The molecule has 1 atom stereocenters. The van der Waals surface area contributed by atoms with Gasteiger partial charge in [-0.3, -0.25) is 4.79 Å². The van der Waals surface area contributed by atoms with Crippen LogP contribution in [0.3, 0.4) is 0 Å². The molecular formula is C23H27N3O3S. The summed E-state index contributed by atoms with van der Waals surface area (Å²) in [7, 11) is 1.40. The van der Waals surface area contributed by atoms with Crippen molar-refractivity contribution in [2.45, 2.75) is 45.6 Å². The third-order valence-corrected chi connectivity index (χ3v) is 6.67. The highest BCUT2D eigenvalue weighted by molar-refractivity contribution is 8.16. The topological polar surface area (TPSA) is 62.2 Å². The molecule has 0 spiro atoms. The van der Waals surface area contributed by atoms with Crippen LogP contribution in [0.15, 0.2) is 51.6 Å². The third-order valence-electron chi connectivity index (χ3n) is 5.78. The lowest BCUT2D eigenvalue weighted by atomic mass is 9.92. The number of carbonyl (C=O) groups is 2. The molecule has 3 aliphatic rings. The zero-order valence-electron chi connectivity index (χ0n) is 17.7. The van der Waals surface area contributed by atoms with Gasteiger partial charge in [0.15, 0.2) is 5.17 Å². The molecule has 1 aromatic carbocycles. The van der Waals surface area contributed by atoms with Crippen molar-refractivity contribution in [1.29, 1.82) is 0 Å². The van der Waals surface area contributed by atoms with Crippen molar-refractivity contribution in [3.8, 4) is 0 Å². The highest BCUT2D eigenvalue weighted by Crippen LogP contribution is 2.45. The van der Waals surface area contributed by atoms with Crippen molar-refractivity contribution in [2.75, 3.05) is 20.2 Å². The molecule has 3 aliphatic heterocycles. The molecular weight excluding hydrogens is 398 g/mol. The number of amides is 1. The van der Waals surface area contributed by atoms with E-state index in [9.17, 15) is 9.59 Å². The number of nitrogens with zero attached hydrogens (tertiary/aromatic N) is 3. The van der Waals surface area contributed by atoms with Crippen LogP contribution in [-0.2, 0) is 14.3 Å². The molecule has 1 fully saturated rings. The number of methoxy groups -OCH3 is 1. The minimum atomic E-state index is -0.372. The van der Waals surface area contributed by atoms with Gasteiger partial charge >= 0.3 is 5.97 Å². The Morgan fingerprint density at radius 3 is 2.70 bits per heavy atom. The SMILES string of the molecule is CCC1=C(C(=O)OC)[C@H](c2cccc(C)c2)N2C(CC(=O)N3CCCC3)=CSC2=N1. The summed E-state index contributed by atoms with van der Waals surface area (Å²) in [5.74, 6) is -0.239. The standard InChI is InChI=1S/C23H27N3O3S/c1-4-18-20(22(28)29-3)21(16-9-7-8-15(2)12-16)26-17(14-30-23(26)24-18)13-19(27)25-10-5-6-11-25/h7-9,12,14,21H,4-6,10-11,13H2,1-3H3/t21-/m0/s1. The first-order valence-corrected chi connectivity index (χ1v) is 11.3. The van der Waals surface area contributed by atoms with Gasteiger partial charge in [0, 0.05) is 18.8 Å². The first-order chi connectivity index (χ1) is 14.5. The van der Waals surface area contributed by atoms with Crippen molar-refractivity contribution >= 4 is 28.8 Å². The van der Waals surface area contributed by atoms with Crippen molar-refractivity contribution in [1.82, 2.24) is 9.80 Å². The summed E-state index contributed by atoms with van der Waals surface area (Å²) in [6.07, 6.45) is 3.07. The first kappa shape index (κ1) is 20.7. The molecule has 0 aromatic heterocycles. The van der Waals surface area contributed by atoms with Gasteiger partial charge in [0.1, 0.15) is 0 Å². The second kappa shape index (κ2) is 8.68. The average Bonchev–Trinajstić information content (AvgIpc) is 3.42. The highest BCUT2D eigenvalue weighted by Gasteiger charge is 2.41. The second-order valence-electron chi connectivity index (χ2n) is 7.78. The number of thioether (sulfide) groups is 1. The summed E-state index contributed by atoms with van der Waals surface area (Å²) in [6.45, 7) is 5.69. The number of aliphatic imine (C=N–C) groups is 1. The molecule has 0 radical (unpaired) electrons. The summed E-state index contributed by atoms with van der Waals surface area (Å²) >= 11 is 1.52. The summed E-state index contributed by atoms with van der Waals surface area (Å²) in [5, 5.41) is 2.82. The number of amidine groups is 1. The molecule has 158 valence electrons. The fraction of sp³-hybridized carbons (Fsp3) is 0.435. The number of carbonyl (C=O) groups excluding carboxylic acids is 2. The molecule has 1 aromatic rings. The quantitative estimate of drug-likeness (QED) is 0.664. The number of likely N-dealkylation sites (tertiary alicyclic amines) is 1. The van der Waals surface area contributed by atoms with Crippen molar-refractivity contribution in [3.63, 3.8) is 0 Å². The number of esters is 1. The van der Waals surface area contributed by atoms with Crippen molar-refractivity contribution < 1.29 is 14.3 Å². The molecule has 6 nitrogen and oxygen atoms in total. The molecule has 1 saturated heterocycles. The van der Waals surface area contributed by atoms with Gasteiger partial charge in [-0.15, -0.1) is 0 Å². The number of allylic oxidation sites excluding steroid dienone is 1. The minimum Gasteiger partial charge on any atom is -0.466 e. The fourth-order valence-electron chi connectivity index (χ4n) is 4.30. The van der Waals surface area contributed by atoms with Gasteiger partial charge in [-0.05, 0) is 37.2 Å². The molecule has 30 heavy (non-hydrogen) atoms. The highest BCUT2D eigenvalue weighted by atomic mass is 32.2. The summed E-state index contributed by atoms with van der Waals surface area (Å²) in [4.78, 5) is 34.5. The number of rotatable bonds is 5. The first-order valence-electron chi connectivity index (χ1n) is 10.4. The van der Waals surface area contributed by atoms with Crippen LogP contribution in [0.25, 0.3) is 0 Å². The van der Waals surface area contributed by atoms with E-state index < -0.39 is 0 Å². The third kappa shape index (κ3) is 3.78. The predicted molar refractivity (Wildman–Crippen MR) is 119 cm³/mol. The number of hydrogen-bond donors (Lipinski definition) is 0. The second-order valence-corrected chi connectivity index (χ2v) is 8.61. The Kier molecular flexibility index (Phi) is 5.99. The van der Waals surface area contributed by atoms with E-state index in [1.165, 1.54) is 18.9 Å². The van der Waals surface area contributed by atoms with E-state index in [4.69, 9.17) is 9.73 Å².